The number of ether oxygens (including phenoxy) is 12. The number of para-hydroxylation sites is 1. The quantitative estimate of drug-likeness (QED) is 0.0142. The van der Waals surface area contributed by atoms with Crippen LogP contribution in [0.3, 0.4) is 0 Å². The number of thiocarbonyl (C=S) groups is 6. The van der Waals surface area contributed by atoms with E-state index in [9.17, 15) is 57.1 Å². The van der Waals surface area contributed by atoms with Crippen LogP contribution in [0.15, 0.2) is 229 Å². The van der Waals surface area contributed by atoms with E-state index in [0.717, 1.165) is 75.1 Å². The van der Waals surface area contributed by atoms with Gasteiger partial charge in [-0.15, -0.1) is 0 Å². The van der Waals surface area contributed by atoms with E-state index in [0.29, 0.717) is 38.9 Å². The summed E-state index contributed by atoms with van der Waals surface area (Å²) in [6, 6.07) is 61.6. The van der Waals surface area contributed by atoms with Gasteiger partial charge in [0.05, 0.1) is 81.7 Å². The molecule has 0 bridgehead atoms. The van der Waals surface area contributed by atoms with Crippen molar-refractivity contribution in [1.82, 2.24) is 0 Å². The molecule has 143 heavy (non-hydrogen) atoms. The Morgan fingerprint density at radius 1 is 0.287 bits per heavy atom. The maximum atomic E-state index is 14.1. The molecule has 12 aromatic carbocycles. The average Bonchev–Trinajstić information content (AvgIpc) is 0.833. The zero-order valence-corrected chi connectivity index (χ0v) is 88.4. The van der Waals surface area contributed by atoms with Gasteiger partial charge >= 0.3 is 0 Å². The molecule has 40 heteroatoms. The Kier molecular flexibility index (Phi) is 49.6. The molecule has 0 saturated carbocycles. The largest absolute Gasteiger partial charge is 0.488 e. The van der Waals surface area contributed by atoms with Gasteiger partial charge in [-0.3, -0.25) is 0 Å². The van der Waals surface area contributed by atoms with E-state index >= 15 is 0 Å². The van der Waals surface area contributed by atoms with Gasteiger partial charge < -0.3 is 88.7 Å². The Hall–Kier alpha value is -11.8. The molecule has 0 saturated heterocycles. The zero-order chi connectivity index (χ0) is 105. The SMILES string of the molecule is COC(=S)Nc1cccc(Br)c1COc1ccc(C)cc1C(F)F.COC(=S)Nc1cccc(C)c1COc1ccc(C)cc1C(F)F.COC(=S)Nc1cccc(Cl)c1COc1ccc(C)cc1C(F)F.COC(=S)Nc1cccc(F)c1COc1ccc(C)cc1C(F)F.COC(=S)Nc1cccc(I)c1COc1ccc(C)cc1C(F)F.COC(=S)Nc1ccccc1COc1ccc(C)cc1C(F)F. The third-order valence-corrected chi connectivity index (χ3v) is 23.8. The summed E-state index contributed by atoms with van der Waals surface area (Å²) in [6.45, 7) is 12.7. The van der Waals surface area contributed by atoms with Gasteiger partial charge in [-0.1, -0.05) is 152 Å². The van der Waals surface area contributed by atoms with Crippen molar-refractivity contribution >= 4 is 189 Å². The van der Waals surface area contributed by atoms with Crippen LogP contribution in [0.2, 0.25) is 5.02 Å². The Morgan fingerprint density at radius 2 is 0.531 bits per heavy atom. The van der Waals surface area contributed by atoms with Crippen LogP contribution in [0.1, 0.15) is 144 Å². The van der Waals surface area contributed by atoms with Crippen LogP contribution >= 0.6 is 123 Å². The lowest BCUT2D eigenvalue weighted by Crippen LogP contribution is -2.14. The van der Waals surface area contributed by atoms with Crippen LogP contribution in [0.25, 0.3) is 0 Å². The van der Waals surface area contributed by atoms with Crippen LogP contribution in [0.4, 0.5) is 91.2 Å². The van der Waals surface area contributed by atoms with Crippen molar-refractivity contribution in [2.75, 3.05) is 74.6 Å². The van der Waals surface area contributed by atoms with E-state index in [1.807, 2.05) is 79.7 Å². The number of halogens is 16. The lowest BCUT2D eigenvalue weighted by Gasteiger charge is -2.17. The molecule has 18 nitrogen and oxygen atoms in total. The molecule has 0 aliphatic heterocycles. The van der Waals surface area contributed by atoms with Crippen LogP contribution in [-0.4, -0.2) is 73.7 Å². The molecule has 0 aliphatic carbocycles. The minimum absolute atomic E-state index is 0.0110. The third-order valence-electron chi connectivity index (χ3n) is 20.1. The molecule has 762 valence electrons. The van der Waals surface area contributed by atoms with Crippen LogP contribution in [-0.2, 0) is 68.1 Å². The highest BCUT2D eigenvalue weighted by Gasteiger charge is 2.25. The first-order valence-corrected chi connectivity index (χ1v) is 47.3. The zero-order valence-electron chi connectivity index (χ0n) is 79.0. The first kappa shape index (κ1) is 118. The Balaban J connectivity index is 0.000000233. The molecule has 6 N–H and O–H groups in total. The predicted molar refractivity (Wildman–Crippen MR) is 571 cm³/mol. The number of nitrogens with one attached hydrogen (secondary N) is 6. The van der Waals surface area contributed by atoms with Crippen molar-refractivity contribution in [2.45, 2.75) is 127 Å². The smallest absolute Gasteiger partial charge is 0.267 e. The highest BCUT2D eigenvalue weighted by atomic mass is 127. The van der Waals surface area contributed by atoms with Crippen molar-refractivity contribution in [3.63, 3.8) is 0 Å². The minimum Gasteiger partial charge on any atom is -0.488 e. The summed E-state index contributed by atoms with van der Waals surface area (Å²) in [5.74, 6) is 0.288. The van der Waals surface area contributed by atoms with Crippen molar-refractivity contribution < 1.29 is 114 Å². The fraction of sp³-hybridized carbons (Fsp3) is 0.243. The second-order valence-electron chi connectivity index (χ2n) is 30.3. The predicted octanol–water partition coefficient (Wildman–Crippen LogP) is 31.6. The normalized spacial score (nSPS) is 10.6. The molecular formula is C103H100BrClF13IN6O12S6. The maximum Gasteiger partial charge on any atom is 0.267 e. The molecule has 0 aliphatic rings. The van der Waals surface area contributed by atoms with Crippen LogP contribution in [0.5, 0.6) is 34.5 Å². The highest BCUT2D eigenvalue weighted by Crippen LogP contribution is 2.40. The molecule has 0 radical (unpaired) electrons. The maximum absolute atomic E-state index is 14.1. The van der Waals surface area contributed by atoms with Gasteiger partial charge in [-0.25, -0.2) is 57.1 Å². The Labute approximate surface area is 880 Å². The Morgan fingerprint density at radius 3 is 0.874 bits per heavy atom. The summed E-state index contributed by atoms with van der Waals surface area (Å²) < 4.78 is 237. The van der Waals surface area contributed by atoms with Crippen molar-refractivity contribution in [2.24, 2.45) is 0 Å². The molecule has 0 unspecified atom stereocenters. The minimum atomic E-state index is -2.68. The number of anilines is 6. The molecule has 0 atom stereocenters. The molecule has 0 aromatic heterocycles. The van der Waals surface area contributed by atoms with Gasteiger partial charge in [0.15, 0.2) is 0 Å². The lowest BCUT2D eigenvalue weighted by molar-refractivity contribution is 0.143. The van der Waals surface area contributed by atoms with E-state index in [4.69, 9.17) is 142 Å². The topological polar surface area (TPSA) is 183 Å². The number of methoxy groups -OCH3 is 6. The first-order valence-electron chi connectivity index (χ1n) is 42.6. The molecule has 0 spiro atoms. The van der Waals surface area contributed by atoms with Gasteiger partial charge in [0.25, 0.3) is 69.6 Å². The van der Waals surface area contributed by atoms with Crippen molar-refractivity contribution in [1.29, 1.82) is 0 Å². The van der Waals surface area contributed by atoms with Gasteiger partial charge in [0.1, 0.15) is 80.0 Å². The van der Waals surface area contributed by atoms with Crippen molar-refractivity contribution in [3.8, 4) is 34.5 Å². The van der Waals surface area contributed by atoms with Crippen LogP contribution < -0.4 is 60.3 Å². The Bertz CT molecular complexity index is 5590. The van der Waals surface area contributed by atoms with E-state index in [1.54, 1.807) is 133 Å². The fourth-order valence-corrected chi connectivity index (χ4v) is 14.8. The van der Waals surface area contributed by atoms with E-state index in [2.05, 4.69) is 70.4 Å². The number of alkyl halides is 12. The summed E-state index contributed by atoms with van der Waals surface area (Å²) in [5, 5.41) is 18.9. The fourth-order valence-electron chi connectivity index (χ4n) is 12.8. The van der Waals surface area contributed by atoms with Gasteiger partial charge in [-0.05, 0) is 283 Å². The van der Waals surface area contributed by atoms with Crippen molar-refractivity contribution in [3.05, 3.63) is 349 Å². The van der Waals surface area contributed by atoms with E-state index < -0.39 is 44.4 Å². The second kappa shape index (κ2) is 60.1. The van der Waals surface area contributed by atoms with E-state index in [-0.39, 0.29) is 144 Å². The van der Waals surface area contributed by atoms with Gasteiger partial charge in [0, 0.05) is 74.9 Å². The average molecular weight is 2300 g/mol. The third kappa shape index (κ3) is 38.0. The summed E-state index contributed by atoms with van der Waals surface area (Å²) in [4.78, 5) is 0. The summed E-state index contributed by atoms with van der Waals surface area (Å²) in [7, 11) is 8.70. The lowest BCUT2D eigenvalue weighted by atomic mass is 10.1. The summed E-state index contributed by atoms with van der Waals surface area (Å²) in [5.41, 5.74) is 12.4. The second-order valence-corrected chi connectivity index (χ2v) is 35.0. The molecule has 0 heterocycles. The number of aryl methyl sites for hydroxylation is 7. The van der Waals surface area contributed by atoms with Crippen LogP contribution in [0, 0.1) is 57.9 Å². The summed E-state index contributed by atoms with van der Waals surface area (Å²) in [6.07, 6.45) is -15.7. The summed E-state index contributed by atoms with van der Waals surface area (Å²) >= 11 is 41.7. The monoisotopic (exact) mass is 2290 g/mol. The highest BCUT2D eigenvalue weighted by molar-refractivity contribution is 14.1. The standard InChI is InChI=1S/C18H19F2NO2S.C17H16BrF2NO2S.C17H16ClF2NO2S.C17H16F3NO2S.C17H16F2INO2S.C17H17F2NO2S/c1-11-7-8-16(13(9-11)17(19)20)23-10-14-12(2)5-4-6-15(14)21-18(24)22-3;3*1-10-6-7-15(11(8-10)16(19)20)23-9-12-13(18)4-3-5-14(12)21-17(24)22-2;1-10-6-7-15(11(8-10)16(18)19)23-9-12-13(20)4-3-5-14(12)21-17(24)22-2;1-11-7-8-15(13(9-11)16(18)19)22-10-12-5-3-4-6-14(12)20-17(23)21-2/h4-9,17H,10H2,1-3H3,(H,21,24);4*3-8,16H,9H2,1-2H3,(H,21,24);3-9,16H,10H2,1-2H3,(H,20,23). The number of benzene rings is 12. The number of hydrogen-bond acceptors (Lipinski definition) is 18. The molecular weight excluding hydrogens is 2190 g/mol. The molecule has 12 aromatic rings. The first-order chi connectivity index (χ1) is 68.1. The van der Waals surface area contributed by atoms with Gasteiger partial charge in [-0.2, -0.15) is 0 Å². The van der Waals surface area contributed by atoms with Gasteiger partial charge in [0.2, 0.25) is 0 Å². The molecule has 12 rings (SSSR count). The van der Waals surface area contributed by atoms with E-state index in [1.165, 1.54) is 103 Å². The number of hydrogen-bond donors (Lipinski definition) is 6. The molecule has 0 amide bonds. The molecule has 0 fully saturated rings. The number of rotatable bonds is 30.